The van der Waals surface area contributed by atoms with E-state index in [1.165, 1.54) is 16.5 Å². The minimum atomic E-state index is -2.63. The first kappa shape index (κ1) is 24.0. The second kappa shape index (κ2) is 7.91. The molecule has 1 aromatic rings. The highest BCUT2D eigenvalue weighted by atomic mass is 16.3. The number of allylic oxidation sites excluding steroid dienone is 4. The maximum atomic E-state index is 13.8. The quantitative estimate of drug-likeness (QED) is 0.398. The molecule has 4 aliphatic carbocycles. The molecule has 0 radical (unpaired) electrons. The normalized spacial score (nSPS) is 29.6. The summed E-state index contributed by atoms with van der Waals surface area (Å²) < 4.78 is 0. The molecule has 4 aliphatic rings. The van der Waals surface area contributed by atoms with Crippen molar-refractivity contribution >= 4 is 28.8 Å². The van der Waals surface area contributed by atoms with E-state index in [0.717, 1.165) is 11.1 Å². The summed E-state index contributed by atoms with van der Waals surface area (Å²) in [6.07, 6.45) is 5.04. The molecule has 0 saturated heterocycles. The number of aromatic hydroxyl groups is 1. The monoisotopic (exact) mass is 492 g/mol. The topological polar surface area (TPSA) is 161 Å². The van der Waals surface area contributed by atoms with Crippen LogP contribution in [0.15, 0.2) is 46.8 Å². The third-order valence-electron chi connectivity index (χ3n) is 7.99. The molecule has 1 amide bonds. The van der Waals surface area contributed by atoms with E-state index in [0.29, 0.717) is 12.0 Å². The van der Waals surface area contributed by atoms with Crippen LogP contribution in [-0.2, 0) is 20.8 Å². The van der Waals surface area contributed by atoms with Crippen LogP contribution in [0.1, 0.15) is 36.5 Å². The Morgan fingerprint density at radius 3 is 2.42 bits per heavy atom. The predicted molar refractivity (Wildman–Crippen MR) is 131 cm³/mol. The standard InChI is InChI=1S/C27H28N2O7/c1-11-4-5-12(8-11)14-6-7-17(30)19-15(14)9-13-10-16-21(29(2)3)23(32)20(26(28)35)25(34)27(16,36)24(33)18(13)22(19)31/h4-7,13,16,21,30-31,34,36H,8-10H2,1-3H3,(H2,28,35)/t13-,16-,21-,27-/m1/s1. The van der Waals surface area contributed by atoms with Crippen molar-refractivity contribution < 1.29 is 34.8 Å². The first-order chi connectivity index (χ1) is 16.9. The summed E-state index contributed by atoms with van der Waals surface area (Å²) in [5, 5.41) is 44.5. The smallest absolute Gasteiger partial charge is 0.255 e. The van der Waals surface area contributed by atoms with E-state index in [1.54, 1.807) is 20.2 Å². The number of likely N-dealkylation sites (N-methyl/N-ethyl adjacent to an activating group) is 1. The SMILES string of the molecule is CC1=CC=C(c2ccc(O)c3c2C[C@@H]2C[C@@H]4[C@@H](N(C)C)C(=O)C(C(N)=O)=C(O)[C@]4(O)C(=O)C2=C3O)C1. The molecule has 1 saturated carbocycles. The van der Waals surface area contributed by atoms with Crippen molar-refractivity contribution in [1.29, 1.82) is 0 Å². The van der Waals surface area contributed by atoms with Crippen molar-refractivity contribution in [1.82, 2.24) is 4.90 Å². The van der Waals surface area contributed by atoms with Crippen molar-refractivity contribution in [2.75, 3.05) is 14.1 Å². The molecule has 1 aromatic carbocycles. The van der Waals surface area contributed by atoms with Crippen LogP contribution >= 0.6 is 0 Å². The van der Waals surface area contributed by atoms with Gasteiger partial charge in [-0.05, 0) is 69.0 Å². The van der Waals surface area contributed by atoms with Crippen molar-refractivity contribution in [2.45, 2.75) is 37.8 Å². The van der Waals surface area contributed by atoms with Crippen molar-refractivity contribution in [3.05, 3.63) is 63.5 Å². The number of amides is 1. The number of hydrogen-bond acceptors (Lipinski definition) is 8. The summed E-state index contributed by atoms with van der Waals surface area (Å²) in [5.41, 5.74) is 5.55. The number of Topliss-reactive ketones (excluding diaryl/α,β-unsaturated/α-hetero) is 2. The zero-order chi connectivity index (χ0) is 26.3. The fourth-order valence-electron chi connectivity index (χ4n) is 6.39. The number of phenols is 1. The summed E-state index contributed by atoms with van der Waals surface area (Å²) in [4.78, 5) is 40.5. The first-order valence-corrected chi connectivity index (χ1v) is 11.8. The van der Waals surface area contributed by atoms with Gasteiger partial charge in [0.1, 0.15) is 22.8 Å². The summed E-state index contributed by atoms with van der Waals surface area (Å²) in [6.45, 7) is 2.01. The molecule has 0 aromatic heterocycles. The number of aliphatic hydroxyl groups excluding tert-OH is 2. The van der Waals surface area contributed by atoms with Crippen LogP contribution in [-0.4, -0.2) is 68.5 Å². The fraction of sp³-hybridized carbons (Fsp3) is 0.370. The number of benzene rings is 1. The molecular formula is C27H28N2O7. The molecule has 0 spiro atoms. The Balaban J connectivity index is 1.72. The maximum Gasteiger partial charge on any atom is 0.255 e. The lowest BCUT2D eigenvalue weighted by Crippen LogP contribution is -2.65. The average molecular weight is 493 g/mol. The van der Waals surface area contributed by atoms with Crippen LogP contribution in [0.2, 0.25) is 0 Å². The second-order valence-corrected chi connectivity index (χ2v) is 10.3. The number of phenolic OH excluding ortho intramolecular Hbond substituents is 1. The predicted octanol–water partition coefficient (Wildman–Crippen LogP) is 1.70. The Morgan fingerprint density at radius 2 is 1.83 bits per heavy atom. The number of ketones is 2. The number of nitrogens with zero attached hydrogens (tertiary/aromatic N) is 1. The average Bonchev–Trinajstić information content (AvgIpc) is 3.22. The molecule has 1 fully saturated rings. The molecule has 9 nitrogen and oxygen atoms in total. The van der Waals surface area contributed by atoms with E-state index in [1.807, 2.05) is 19.1 Å². The highest BCUT2D eigenvalue weighted by Gasteiger charge is 2.64. The van der Waals surface area contributed by atoms with Gasteiger partial charge in [-0.25, -0.2) is 0 Å². The van der Waals surface area contributed by atoms with Gasteiger partial charge in [-0.2, -0.15) is 0 Å². The van der Waals surface area contributed by atoms with Gasteiger partial charge in [-0.3, -0.25) is 19.3 Å². The number of rotatable bonds is 3. The molecule has 0 heterocycles. The Bertz CT molecular complexity index is 1380. The summed E-state index contributed by atoms with van der Waals surface area (Å²) in [7, 11) is 3.15. The third-order valence-corrected chi connectivity index (χ3v) is 7.99. The molecular weight excluding hydrogens is 464 g/mol. The van der Waals surface area contributed by atoms with Crippen LogP contribution in [0.4, 0.5) is 0 Å². The highest BCUT2D eigenvalue weighted by molar-refractivity contribution is 6.24. The van der Waals surface area contributed by atoms with Crippen LogP contribution in [0, 0.1) is 11.8 Å². The highest BCUT2D eigenvalue weighted by Crippen LogP contribution is 2.53. The van der Waals surface area contributed by atoms with Crippen LogP contribution in [0.3, 0.4) is 0 Å². The molecule has 6 N–H and O–H groups in total. The summed E-state index contributed by atoms with van der Waals surface area (Å²) in [5.74, 6) is -6.50. The molecule has 5 rings (SSSR count). The van der Waals surface area contributed by atoms with Gasteiger partial charge >= 0.3 is 0 Å². The number of hydrogen-bond donors (Lipinski definition) is 5. The van der Waals surface area contributed by atoms with Gasteiger partial charge in [0.15, 0.2) is 11.4 Å². The Kier molecular flexibility index (Phi) is 5.28. The maximum absolute atomic E-state index is 13.8. The van der Waals surface area contributed by atoms with E-state index in [9.17, 15) is 34.8 Å². The van der Waals surface area contributed by atoms with Gasteiger partial charge in [0.05, 0.1) is 11.6 Å². The number of carbonyl (C=O) groups excluding carboxylic acids is 3. The van der Waals surface area contributed by atoms with Crippen LogP contribution in [0.25, 0.3) is 11.3 Å². The van der Waals surface area contributed by atoms with Crippen LogP contribution < -0.4 is 5.73 Å². The minimum Gasteiger partial charge on any atom is -0.508 e. The van der Waals surface area contributed by atoms with E-state index >= 15 is 0 Å². The van der Waals surface area contributed by atoms with E-state index in [-0.39, 0.29) is 29.7 Å². The van der Waals surface area contributed by atoms with Gasteiger partial charge in [-0.15, -0.1) is 0 Å². The lowest BCUT2D eigenvalue weighted by atomic mass is 9.57. The van der Waals surface area contributed by atoms with Crippen molar-refractivity contribution in [3.63, 3.8) is 0 Å². The number of primary amides is 1. The molecule has 0 unspecified atom stereocenters. The van der Waals surface area contributed by atoms with E-state index in [2.05, 4.69) is 0 Å². The summed E-state index contributed by atoms with van der Waals surface area (Å²) in [6, 6.07) is 2.14. The van der Waals surface area contributed by atoms with Gasteiger partial charge < -0.3 is 26.2 Å². The number of carbonyl (C=O) groups is 3. The zero-order valence-corrected chi connectivity index (χ0v) is 20.2. The molecule has 0 aliphatic heterocycles. The molecule has 188 valence electrons. The van der Waals surface area contributed by atoms with E-state index in [4.69, 9.17) is 5.73 Å². The van der Waals surface area contributed by atoms with Gasteiger partial charge in [0.2, 0.25) is 5.78 Å². The van der Waals surface area contributed by atoms with Crippen molar-refractivity contribution in [3.8, 4) is 5.75 Å². The van der Waals surface area contributed by atoms with Gasteiger partial charge in [0.25, 0.3) is 5.91 Å². The minimum absolute atomic E-state index is 0.0667. The van der Waals surface area contributed by atoms with E-state index < -0.39 is 58.0 Å². The number of nitrogens with two attached hydrogens (primary N) is 1. The number of fused-ring (bicyclic) bond motifs is 3. The Hall–Kier alpha value is -3.69. The Labute approximate surface area is 207 Å². The van der Waals surface area contributed by atoms with Gasteiger partial charge in [0, 0.05) is 11.5 Å². The molecule has 36 heavy (non-hydrogen) atoms. The largest absolute Gasteiger partial charge is 0.508 e. The van der Waals surface area contributed by atoms with Crippen LogP contribution in [0.5, 0.6) is 5.75 Å². The first-order valence-electron chi connectivity index (χ1n) is 11.8. The van der Waals surface area contributed by atoms with Gasteiger partial charge in [-0.1, -0.05) is 23.8 Å². The molecule has 9 heteroatoms. The lowest BCUT2D eigenvalue weighted by molar-refractivity contribution is -0.153. The third kappa shape index (κ3) is 3.06. The Morgan fingerprint density at radius 1 is 1.14 bits per heavy atom. The van der Waals surface area contributed by atoms with Crippen molar-refractivity contribution in [2.24, 2.45) is 17.6 Å². The fourth-order valence-corrected chi connectivity index (χ4v) is 6.39. The zero-order valence-electron chi connectivity index (χ0n) is 20.2. The summed E-state index contributed by atoms with van der Waals surface area (Å²) >= 11 is 0. The molecule has 0 bridgehead atoms. The lowest BCUT2D eigenvalue weighted by Gasteiger charge is -2.50. The molecule has 4 atom stereocenters. The number of aliphatic hydroxyl groups is 3. The second-order valence-electron chi connectivity index (χ2n) is 10.3.